The van der Waals surface area contributed by atoms with E-state index in [1.54, 1.807) is 0 Å². The minimum absolute atomic E-state index is 0.0626. The monoisotopic (exact) mass is 424 g/mol. The van der Waals surface area contributed by atoms with Gasteiger partial charge in [-0.3, -0.25) is 4.79 Å². The second kappa shape index (κ2) is 8.71. The molecular formula is C17H21BrN4O2S. The minimum Gasteiger partial charge on any atom is -0.486 e. The highest BCUT2D eigenvalue weighted by atomic mass is 79.9. The van der Waals surface area contributed by atoms with Gasteiger partial charge in [0.15, 0.2) is 11.0 Å². The zero-order valence-corrected chi connectivity index (χ0v) is 16.5. The Morgan fingerprint density at radius 2 is 2.04 bits per heavy atom. The molecule has 6 nitrogen and oxygen atoms in total. The number of nitrogens with one attached hydrogen (secondary N) is 1. The summed E-state index contributed by atoms with van der Waals surface area (Å²) in [6.45, 7) is 0.333. The van der Waals surface area contributed by atoms with Crippen molar-refractivity contribution in [3.8, 4) is 5.75 Å². The molecule has 0 aliphatic heterocycles. The molecule has 0 spiro atoms. The number of halogens is 1. The van der Waals surface area contributed by atoms with Crippen LogP contribution in [0.25, 0.3) is 0 Å². The van der Waals surface area contributed by atoms with E-state index >= 15 is 0 Å². The summed E-state index contributed by atoms with van der Waals surface area (Å²) in [7, 11) is 1.89. The number of carbonyl (C=O) groups is 1. The van der Waals surface area contributed by atoms with E-state index in [0.717, 1.165) is 34.0 Å². The second-order valence-electron chi connectivity index (χ2n) is 6.04. The van der Waals surface area contributed by atoms with Crippen LogP contribution in [0.2, 0.25) is 0 Å². The lowest BCUT2D eigenvalue weighted by molar-refractivity contribution is -0.119. The van der Waals surface area contributed by atoms with E-state index in [1.165, 1.54) is 24.6 Å². The highest BCUT2D eigenvalue weighted by Gasteiger charge is 2.18. The van der Waals surface area contributed by atoms with Gasteiger partial charge >= 0.3 is 0 Å². The molecule has 134 valence electrons. The van der Waals surface area contributed by atoms with E-state index in [4.69, 9.17) is 4.74 Å². The van der Waals surface area contributed by atoms with Crippen molar-refractivity contribution in [2.24, 2.45) is 7.05 Å². The normalized spacial score (nSPS) is 14.6. The Kier molecular flexibility index (Phi) is 6.36. The molecule has 1 aliphatic rings. The molecule has 0 unspecified atom stereocenters. The molecule has 0 atom stereocenters. The molecule has 2 aromatic rings. The predicted molar refractivity (Wildman–Crippen MR) is 101 cm³/mol. The van der Waals surface area contributed by atoms with E-state index < -0.39 is 0 Å². The SMILES string of the molecule is Cn1c(COc2ccc(Br)cc2)nnc1SCC(=O)NC1CCCC1. The molecule has 1 fully saturated rings. The van der Waals surface area contributed by atoms with Crippen LogP contribution < -0.4 is 10.1 Å². The number of nitrogens with zero attached hydrogens (tertiary/aromatic N) is 3. The van der Waals surface area contributed by atoms with Gasteiger partial charge in [-0.15, -0.1) is 10.2 Å². The van der Waals surface area contributed by atoms with Crippen molar-refractivity contribution in [3.05, 3.63) is 34.6 Å². The van der Waals surface area contributed by atoms with E-state index in [0.29, 0.717) is 18.4 Å². The first-order valence-corrected chi connectivity index (χ1v) is 10.1. The molecule has 1 aromatic carbocycles. The quantitative estimate of drug-likeness (QED) is 0.690. The lowest BCUT2D eigenvalue weighted by atomic mass is 10.2. The largest absolute Gasteiger partial charge is 0.486 e. The lowest BCUT2D eigenvalue weighted by Crippen LogP contribution is -2.33. The van der Waals surface area contributed by atoms with E-state index in [-0.39, 0.29) is 5.91 Å². The van der Waals surface area contributed by atoms with Crippen LogP contribution in [-0.2, 0) is 18.4 Å². The second-order valence-corrected chi connectivity index (χ2v) is 7.90. The fourth-order valence-electron chi connectivity index (χ4n) is 2.74. The van der Waals surface area contributed by atoms with E-state index in [1.807, 2.05) is 35.9 Å². The van der Waals surface area contributed by atoms with Crippen molar-refractivity contribution < 1.29 is 9.53 Å². The maximum Gasteiger partial charge on any atom is 0.230 e. The lowest BCUT2D eigenvalue weighted by Gasteiger charge is -2.11. The number of ether oxygens (including phenoxy) is 1. The van der Waals surface area contributed by atoms with E-state index in [2.05, 4.69) is 31.4 Å². The van der Waals surface area contributed by atoms with Crippen molar-refractivity contribution in [1.82, 2.24) is 20.1 Å². The highest BCUT2D eigenvalue weighted by Crippen LogP contribution is 2.20. The maximum absolute atomic E-state index is 12.0. The molecule has 1 N–H and O–H groups in total. The Hall–Kier alpha value is -1.54. The first-order valence-electron chi connectivity index (χ1n) is 8.30. The highest BCUT2D eigenvalue weighted by molar-refractivity contribution is 9.10. The minimum atomic E-state index is 0.0626. The third kappa shape index (κ3) is 5.22. The Morgan fingerprint density at radius 1 is 1.32 bits per heavy atom. The number of thioether (sulfide) groups is 1. The van der Waals surface area contributed by atoms with Gasteiger partial charge in [-0.25, -0.2) is 0 Å². The Morgan fingerprint density at radius 3 is 2.76 bits per heavy atom. The van der Waals surface area contributed by atoms with Gasteiger partial charge in [0.05, 0.1) is 5.75 Å². The van der Waals surface area contributed by atoms with Crippen LogP contribution in [-0.4, -0.2) is 32.5 Å². The summed E-state index contributed by atoms with van der Waals surface area (Å²) in [6.07, 6.45) is 4.61. The Labute approximate surface area is 159 Å². The molecule has 0 bridgehead atoms. The Bertz CT molecular complexity index is 714. The summed E-state index contributed by atoms with van der Waals surface area (Å²) in [5, 5.41) is 12.1. The maximum atomic E-state index is 12.0. The summed E-state index contributed by atoms with van der Waals surface area (Å²) in [4.78, 5) is 12.0. The van der Waals surface area contributed by atoms with Crippen molar-refractivity contribution >= 4 is 33.6 Å². The fraction of sp³-hybridized carbons (Fsp3) is 0.471. The predicted octanol–water partition coefficient (Wildman–Crippen LogP) is 3.31. The summed E-state index contributed by atoms with van der Waals surface area (Å²) in [5.41, 5.74) is 0. The van der Waals surface area contributed by atoms with Crippen LogP contribution in [0.4, 0.5) is 0 Å². The van der Waals surface area contributed by atoms with Crippen LogP contribution in [0.3, 0.4) is 0 Å². The van der Waals surface area contributed by atoms with Crippen LogP contribution in [0.1, 0.15) is 31.5 Å². The van der Waals surface area contributed by atoms with Gasteiger partial charge in [-0.1, -0.05) is 40.5 Å². The molecule has 1 aromatic heterocycles. The topological polar surface area (TPSA) is 69.0 Å². The average molecular weight is 425 g/mol. The molecule has 3 rings (SSSR count). The van der Waals surface area contributed by atoms with Crippen molar-refractivity contribution in [2.45, 2.75) is 43.5 Å². The molecule has 1 aliphatic carbocycles. The zero-order chi connectivity index (χ0) is 17.6. The van der Waals surface area contributed by atoms with Gasteiger partial charge in [0.2, 0.25) is 5.91 Å². The molecule has 25 heavy (non-hydrogen) atoms. The van der Waals surface area contributed by atoms with Crippen LogP contribution in [0.5, 0.6) is 5.75 Å². The van der Waals surface area contributed by atoms with Crippen molar-refractivity contribution in [1.29, 1.82) is 0 Å². The molecule has 1 amide bonds. The number of hydrogen-bond acceptors (Lipinski definition) is 5. The summed E-state index contributed by atoms with van der Waals surface area (Å²) >= 11 is 4.79. The number of hydrogen-bond donors (Lipinski definition) is 1. The Balaban J connectivity index is 1.48. The molecular weight excluding hydrogens is 404 g/mol. The van der Waals surface area contributed by atoms with Gasteiger partial charge < -0.3 is 14.6 Å². The fourth-order valence-corrected chi connectivity index (χ4v) is 3.75. The molecule has 0 radical (unpaired) electrons. The number of aromatic nitrogens is 3. The smallest absolute Gasteiger partial charge is 0.230 e. The van der Waals surface area contributed by atoms with E-state index in [9.17, 15) is 4.79 Å². The zero-order valence-electron chi connectivity index (χ0n) is 14.1. The van der Waals surface area contributed by atoms with Gasteiger partial charge in [0.1, 0.15) is 12.4 Å². The number of rotatable bonds is 7. The number of benzene rings is 1. The molecule has 1 heterocycles. The van der Waals surface area contributed by atoms with Crippen molar-refractivity contribution in [2.75, 3.05) is 5.75 Å². The van der Waals surface area contributed by atoms with Crippen molar-refractivity contribution in [3.63, 3.8) is 0 Å². The molecule has 0 saturated heterocycles. The molecule has 8 heteroatoms. The van der Waals surface area contributed by atoms with Crippen LogP contribution in [0, 0.1) is 0 Å². The number of amides is 1. The standard InChI is InChI=1S/C17H21BrN4O2S/c1-22-15(10-24-14-8-6-12(18)7-9-14)20-21-17(22)25-11-16(23)19-13-4-2-3-5-13/h6-9,13H,2-5,10-11H2,1H3,(H,19,23). The summed E-state index contributed by atoms with van der Waals surface area (Å²) in [6, 6.07) is 7.99. The summed E-state index contributed by atoms with van der Waals surface area (Å²) < 4.78 is 8.60. The van der Waals surface area contributed by atoms with Crippen LogP contribution >= 0.6 is 27.7 Å². The van der Waals surface area contributed by atoms with Gasteiger partial charge in [0, 0.05) is 17.6 Å². The number of carbonyl (C=O) groups excluding carboxylic acids is 1. The first-order chi connectivity index (χ1) is 12.1. The van der Waals surface area contributed by atoms with Gasteiger partial charge in [-0.2, -0.15) is 0 Å². The average Bonchev–Trinajstić information content (AvgIpc) is 3.23. The van der Waals surface area contributed by atoms with Gasteiger partial charge in [-0.05, 0) is 37.1 Å². The third-order valence-electron chi connectivity index (χ3n) is 4.16. The van der Waals surface area contributed by atoms with Crippen LogP contribution in [0.15, 0.2) is 33.9 Å². The summed E-state index contributed by atoms with van der Waals surface area (Å²) in [5.74, 6) is 1.92. The van der Waals surface area contributed by atoms with Gasteiger partial charge in [0.25, 0.3) is 0 Å². The molecule has 1 saturated carbocycles. The first kappa shape index (κ1) is 18.3. The third-order valence-corrected chi connectivity index (χ3v) is 5.71.